The van der Waals surface area contributed by atoms with Crippen LogP contribution in [0.4, 0.5) is 0 Å². The number of aromatic nitrogens is 5. The van der Waals surface area contributed by atoms with E-state index in [-0.39, 0.29) is 11.8 Å². The van der Waals surface area contributed by atoms with E-state index in [4.69, 9.17) is 14.5 Å². The van der Waals surface area contributed by atoms with Gasteiger partial charge in [-0.15, -0.1) is 0 Å². The molecule has 1 aliphatic rings. The molecule has 1 unspecified atom stereocenters. The molecular formula is C24H21N5O3. The highest BCUT2D eigenvalue weighted by Gasteiger charge is 2.22. The Morgan fingerprint density at radius 2 is 1.88 bits per heavy atom. The van der Waals surface area contributed by atoms with Crippen molar-refractivity contribution in [2.75, 3.05) is 19.8 Å². The molecule has 6 rings (SSSR count). The van der Waals surface area contributed by atoms with Crippen LogP contribution in [0.1, 0.15) is 0 Å². The quantitative estimate of drug-likeness (QED) is 0.476. The molecule has 8 nitrogen and oxygen atoms in total. The predicted molar refractivity (Wildman–Crippen MR) is 121 cm³/mol. The van der Waals surface area contributed by atoms with Crippen molar-refractivity contribution in [3.63, 3.8) is 0 Å². The van der Waals surface area contributed by atoms with E-state index in [9.17, 15) is 4.79 Å². The average molecular weight is 427 g/mol. The minimum absolute atomic E-state index is 0.149. The molecule has 0 aliphatic carbocycles. The van der Waals surface area contributed by atoms with Crippen molar-refractivity contribution < 1.29 is 9.47 Å². The molecule has 1 N–H and O–H groups in total. The molecule has 0 saturated carbocycles. The third-order valence-corrected chi connectivity index (χ3v) is 5.79. The minimum Gasteiger partial charge on any atom is -0.376 e. The van der Waals surface area contributed by atoms with E-state index in [1.165, 1.54) is 0 Å². The van der Waals surface area contributed by atoms with Gasteiger partial charge in [0.15, 0.2) is 5.65 Å². The van der Waals surface area contributed by atoms with Crippen molar-refractivity contribution in [3.8, 4) is 16.8 Å². The first kappa shape index (κ1) is 19.0. The number of imidazole rings is 1. The SMILES string of the molecule is O=c1n(CC2COCCO2)c2cc(-c3cnc4[nH]ccc4c3)cnc2n1-c1ccccc1. The third-order valence-electron chi connectivity index (χ3n) is 5.79. The van der Waals surface area contributed by atoms with Crippen molar-refractivity contribution in [2.24, 2.45) is 0 Å². The van der Waals surface area contributed by atoms with Gasteiger partial charge in [0, 0.05) is 35.1 Å². The van der Waals surface area contributed by atoms with Crippen LogP contribution in [0.15, 0.2) is 71.9 Å². The molecule has 5 heterocycles. The van der Waals surface area contributed by atoms with Gasteiger partial charge in [0.05, 0.1) is 43.7 Å². The maximum Gasteiger partial charge on any atom is 0.335 e. The zero-order valence-corrected chi connectivity index (χ0v) is 17.3. The van der Waals surface area contributed by atoms with Gasteiger partial charge in [0.1, 0.15) is 5.65 Å². The topological polar surface area (TPSA) is 87.0 Å². The van der Waals surface area contributed by atoms with Crippen LogP contribution in [0.5, 0.6) is 0 Å². The Morgan fingerprint density at radius 3 is 2.72 bits per heavy atom. The molecule has 5 aromatic rings. The van der Waals surface area contributed by atoms with Crippen LogP contribution in [-0.4, -0.2) is 50.0 Å². The standard InChI is InChI=1S/C24H21N5O3/c30-24-28(14-20-15-31-8-9-32-20)21-11-18(17-10-16-6-7-25-22(16)26-12-17)13-27-23(21)29(24)19-4-2-1-3-5-19/h1-7,10-13,20H,8-9,14-15H2,(H,25,26). The lowest BCUT2D eigenvalue weighted by molar-refractivity contribution is -0.0935. The lowest BCUT2D eigenvalue weighted by atomic mass is 10.1. The number of hydrogen-bond acceptors (Lipinski definition) is 5. The molecule has 32 heavy (non-hydrogen) atoms. The summed E-state index contributed by atoms with van der Waals surface area (Å²) < 4.78 is 14.8. The number of pyridine rings is 2. The van der Waals surface area contributed by atoms with Gasteiger partial charge in [-0.25, -0.2) is 19.3 Å². The van der Waals surface area contributed by atoms with Crippen LogP contribution >= 0.6 is 0 Å². The number of fused-ring (bicyclic) bond motifs is 2. The number of ether oxygens (including phenoxy) is 2. The van der Waals surface area contributed by atoms with Crippen molar-refractivity contribution in [1.29, 1.82) is 0 Å². The normalized spacial score (nSPS) is 16.7. The number of rotatable bonds is 4. The lowest BCUT2D eigenvalue weighted by Crippen LogP contribution is -2.35. The molecule has 0 amide bonds. The van der Waals surface area contributed by atoms with Crippen LogP contribution in [-0.2, 0) is 16.0 Å². The third kappa shape index (κ3) is 3.21. The van der Waals surface area contributed by atoms with E-state index < -0.39 is 0 Å². The van der Waals surface area contributed by atoms with Crippen LogP contribution < -0.4 is 5.69 Å². The molecule has 1 aromatic carbocycles. The summed E-state index contributed by atoms with van der Waals surface area (Å²) >= 11 is 0. The molecule has 160 valence electrons. The van der Waals surface area contributed by atoms with E-state index in [2.05, 4.69) is 16.0 Å². The van der Waals surface area contributed by atoms with Crippen LogP contribution in [0.3, 0.4) is 0 Å². The van der Waals surface area contributed by atoms with Gasteiger partial charge in [0.25, 0.3) is 0 Å². The summed E-state index contributed by atoms with van der Waals surface area (Å²) in [5.74, 6) is 0. The predicted octanol–water partition coefficient (Wildman–Crippen LogP) is 3.15. The van der Waals surface area contributed by atoms with Gasteiger partial charge in [-0.2, -0.15) is 0 Å². The molecule has 0 bridgehead atoms. The average Bonchev–Trinajstić information content (AvgIpc) is 3.42. The van der Waals surface area contributed by atoms with Crippen molar-refractivity contribution in [1.82, 2.24) is 24.1 Å². The van der Waals surface area contributed by atoms with E-state index in [1.807, 2.05) is 54.9 Å². The van der Waals surface area contributed by atoms with E-state index >= 15 is 0 Å². The zero-order valence-electron chi connectivity index (χ0n) is 17.3. The Balaban J connectivity index is 1.53. The van der Waals surface area contributed by atoms with Crippen molar-refractivity contribution in [2.45, 2.75) is 12.6 Å². The zero-order chi connectivity index (χ0) is 21.5. The fraction of sp³-hybridized carbons (Fsp3) is 0.208. The number of hydrogen-bond donors (Lipinski definition) is 1. The fourth-order valence-electron chi connectivity index (χ4n) is 4.22. The molecule has 0 radical (unpaired) electrons. The molecular weight excluding hydrogens is 406 g/mol. The smallest absolute Gasteiger partial charge is 0.335 e. The van der Waals surface area contributed by atoms with Gasteiger partial charge in [-0.3, -0.25) is 4.57 Å². The second-order valence-corrected chi connectivity index (χ2v) is 7.84. The van der Waals surface area contributed by atoms with E-state index in [0.29, 0.717) is 32.0 Å². The highest BCUT2D eigenvalue weighted by molar-refractivity contribution is 5.84. The van der Waals surface area contributed by atoms with Gasteiger partial charge >= 0.3 is 5.69 Å². The molecule has 8 heteroatoms. The molecule has 1 fully saturated rings. The number of benzene rings is 1. The highest BCUT2D eigenvalue weighted by Crippen LogP contribution is 2.26. The monoisotopic (exact) mass is 427 g/mol. The first-order valence-corrected chi connectivity index (χ1v) is 10.6. The molecule has 0 spiro atoms. The maximum absolute atomic E-state index is 13.5. The lowest BCUT2D eigenvalue weighted by Gasteiger charge is -2.23. The summed E-state index contributed by atoms with van der Waals surface area (Å²) in [4.78, 5) is 25.8. The van der Waals surface area contributed by atoms with Crippen LogP contribution in [0.2, 0.25) is 0 Å². The largest absolute Gasteiger partial charge is 0.376 e. The Labute approximate surface area is 183 Å². The number of nitrogens with one attached hydrogen (secondary N) is 1. The molecule has 4 aromatic heterocycles. The van der Waals surface area contributed by atoms with Gasteiger partial charge < -0.3 is 14.5 Å². The minimum atomic E-state index is -0.183. The maximum atomic E-state index is 13.5. The van der Waals surface area contributed by atoms with Crippen LogP contribution in [0.25, 0.3) is 39.0 Å². The first-order chi connectivity index (χ1) is 15.8. The first-order valence-electron chi connectivity index (χ1n) is 10.6. The molecule has 1 aliphatic heterocycles. The Hall–Kier alpha value is -3.75. The molecule has 1 atom stereocenters. The summed E-state index contributed by atoms with van der Waals surface area (Å²) in [6, 6.07) is 15.6. The number of H-pyrrole nitrogens is 1. The summed E-state index contributed by atoms with van der Waals surface area (Å²) in [5, 5.41) is 1.02. The number of nitrogens with zero attached hydrogens (tertiary/aromatic N) is 4. The molecule has 1 saturated heterocycles. The van der Waals surface area contributed by atoms with Crippen LogP contribution in [0, 0.1) is 0 Å². The highest BCUT2D eigenvalue weighted by atomic mass is 16.6. The summed E-state index contributed by atoms with van der Waals surface area (Å²) in [6.45, 7) is 1.97. The van der Waals surface area contributed by atoms with Gasteiger partial charge in [-0.1, -0.05) is 18.2 Å². The van der Waals surface area contributed by atoms with Gasteiger partial charge in [-0.05, 0) is 30.3 Å². The van der Waals surface area contributed by atoms with E-state index in [0.717, 1.165) is 33.4 Å². The van der Waals surface area contributed by atoms with Crippen molar-refractivity contribution >= 4 is 22.2 Å². The summed E-state index contributed by atoms with van der Waals surface area (Å²) in [7, 11) is 0. The summed E-state index contributed by atoms with van der Waals surface area (Å²) in [5.41, 5.74) is 4.66. The second kappa shape index (κ2) is 7.74. The van der Waals surface area contributed by atoms with Gasteiger partial charge in [0.2, 0.25) is 0 Å². The Kier molecular flexibility index (Phi) is 4.59. The van der Waals surface area contributed by atoms with Crippen molar-refractivity contribution in [3.05, 3.63) is 77.6 Å². The second-order valence-electron chi connectivity index (χ2n) is 7.84. The fourth-order valence-corrected chi connectivity index (χ4v) is 4.22. The Bertz CT molecular complexity index is 1460. The Morgan fingerprint density at radius 1 is 1.03 bits per heavy atom. The number of para-hydroxylation sites is 1. The summed E-state index contributed by atoms with van der Waals surface area (Å²) in [6.07, 6.45) is 5.29. The number of aromatic amines is 1. The van der Waals surface area contributed by atoms with E-state index in [1.54, 1.807) is 15.3 Å².